The van der Waals surface area contributed by atoms with Crippen LogP contribution < -0.4 is 15.0 Å². The van der Waals surface area contributed by atoms with E-state index in [4.69, 9.17) is 21.3 Å². The van der Waals surface area contributed by atoms with Crippen LogP contribution in [0.25, 0.3) is 32.9 Å². The molecular weight excluding hydrogens is 603 g/mol. The number of nitrogens with one attached hydrogen (secondary N) is 2. The van der Waals surface area contributed by atoms with Crippen molar-refractivity contribution in [1.82, 2.24) is 30.4 Å². The highest BCUT2D eigenvalue weighted by Gasteiger charge is 2.46. The summed E-state index contributed by atoms with van der Waals surface area (Å²) in [5.74, 6) is -1.04. The van der Waals surface area contributed by atoms with Crippen LogP contribution in [0.5, 0.6) is 6.01 Å². The number of aromatic amines is 1. The zero-order valence-corrected chi connectivity index (χ0v) is 26.5. The first kappa shape index (κ1) is 29.3. The van der Waals surface area contributed by atoms with Gasteiger partial charge in [-0.2, -0.15) is 15.1 Å². The Balaban J connectivity index is 1.24. The largest absolute Gasteiger partial charge is 0.463 e. The van der Waals surface area contributed by atoms with Gasteiger partial charge in [0.1, 0.15) is 23.3 Å². The van der Waals surface area contributed by atoms with E-state index >= 15 is 8.78 Å². The number of nitrogens with zero attached hydrogens (tertiary/aromatic N) is 5. The van der Waals surface area contributed by atoms with E-state index in [9.17, 15) is 4.39 Å². The Kier molecular flexibility index (Phi) is 6.79. The molecule has 1 saturated carbocycles. The molecule has 5 heterocycles. The molecule has 0 radical (unpaired) electrons. The van der Waals surface area contributed by atoms with Crippen LogP contribution in [0.15, 0.2) is 12.1 Å². The fourth-order valence-corrected chi connectivity index (χ4v) is 8.07. The third kappa shape index (κ3) is 5.02. The molecule has 4 aromatic rings. The second-order valence-electron chi connectivity index (χ2n) is 14.1. The average molecular weight is 640 g/mol. The molecule has 8 rings (SSSR count). The van der Waals surface area contributed by atoms with Crippen molar-refractivity contribution >= 4 is 39.2 Å². The quantitative estimate of drug-likeness (QED) is 0.247. The van der Waals surface area contributed by atoms with Gasteiger partial charge < -0.3 is 15.0 Å². The average Bonchev–Trinajstić information content (AvgIpc) is 3.34. The molecule has 2 bridgehead atoms. The minimum atomic E-state index is -0.790. The Hall–Kier alpha value is -3.15. The van der Waals surface area contributed by atoms with Crippen molar-refractivity contribution in [2.24, 2.45) is 5.41 Å². The number of ether oxygens (including phenoxy) is 1. The van der Waals surface area contributed by atoms with E-state index in [2.05, 4.69) is 37.2 Å². The van der Waals surface area contributed by atoms with Crippen LogP contribution in [-0.2, 0) is 0 Å². The Morgan fingerprint density at radius 2 is 1.91 bits per heavy atom. The monoisotopic (exact) mass is 639 g/mol. The van der Waals surface area contributed by atoms with E-state index in [1.165, 1.54) is 6.07 Å². The molecule has 4 fully saturated rings. The molecule has 0 spiro atoms. The number of halogens is 4. The van der Waals surface area contributed by atoms with Gasteiger partial charge in [0.05, 0.1) is 23.4 Å². The summed E-state index contributed by atoms with van der Waals surface area (Å²) < 4.78 is 53.4. The van der Waals surface area contributed by atoms with Crippen LogP contribution in [0.3, 0.4) is 0 Å². The molecule has 2 N–H and O–H groups in total. The van der Waals surface area contributed by atoms with Crippen molar-refractivity contribution in [2.45, 2.75) is 70.6 Å². The van der Waals surface area contributed by atoms with E-state index in [1.54, 1.807) is 19.9 Å². The van der Waals surface area contributed by atoms with Gasteiger partial charge in [0.25, 0.3) is 0 Å². The van der Waals surface area contributed by atoms with Crippen LogP contribution in [0.2, 0.25) is 5.02 Å². The third-order valence-electron chi connectivity index (χ3n) is 10.4. The molecule has 3 atom stereocenters. The first-order chi connectivity index (χ1) is 21.5. The molecule has 3 saturated heterocycles. The molecule has 2 aromatic heterocycles. The lowest BCUT2D eigenvalue weighted by Crippen LogP contribution is -2.58. The van der Waals surface area contributed by atoms with Gasteiger partial charge in [0.2, 0.25) is 0 Å². The predicted molar refractivity (Wildman–Crippen MR) is 169 cm³/mol. The number of likely N-dealkylation sites (tertiary alicyclic amines) is 1. The second kappa shape index (κ2) is 10.4. The number of hydrogen-bond acceptors (Lipinski definition) is 7. The van der Waals surface area contributed by atoms with Crippen molar-refractivity contribution in [1.29, 1.82) is 0 Å². The lowest BCUT2D eigenvalue weighted by molar-refractivity contribution is 0.165. The van der Waals surface area contributed by atoms with Crippen molar-refractivity contribution in [2.75, 3.05) is 44.2 Å². The molecular formula is C33H37ClF3N7O. The fraction of sp³-hybridized carbons (Fsp3) is 0.545. The van der Waals surface area contributed by atoms with Gasteiger partial charge in [-0.3, -0.25) is 10.00 Å². The maximum atomic E-state index is 16.9. The number of anilines is 1. The van der Waals surface area contributed by atoms with Crippen LogP contribution in [-0.4, -0.2) is 82.1 Å². The number of aryl methyl sites for hydroxylation is 1. The minimum Gasteiger partial charge on any atom is -0.463 e. The lowest BCUT2D eigenvalue weighted by Gasteiger charge is -2.40. The summed E-state index contributed by atoms with van der Waals surface area (Å²) in [6.45, 7) is 9.34. The fourth-order valence-electron chi connectivity index (χ4n) is 7.87. The molecule has 238 valence electrons. The van der Waals surface area contributed by atoms with Gasteiger partial charge in [-0.25, -0.2) is 13.2 Å². The zero-order valence-electron chi connectivity index (χ0n) is 25.7. The van der Waals surface area contributed by atoms with Gasteiger partial charge in [0, 0.05) is 71.1 Å². The second-order valence-corrected chi connectivity index (χ2v) is 14.5. The molecule has 12 heteroatoms. The lowest BCUT2D eigenvalue weighted by atomic mass is 9.93. The molecule has 45 heavy (non-hydrogen) atoms. The Labute approximate surface area is 264 Å². The number of fused-ring (bicyclic) bond motifs is 4. The van der Waals surface area contributed by atoms with Gasteiger partial charge in [-0.05, 0) is 70.6 Å². The Bertz CT molecular complexity index is 1840. The van der Waals surface area contributed by atoms with Crippen molar-refractivity contribution in [3.63, 3.8) is 0 Å². The number of alkyl halides is 1. The van der Waals surface area contributed by atoms with Crippen molar-refractivity contribution in [3.05, 3.63) is 40.0 Å². The number of rotatable bonds is 7. The van der Waals surface area contributed by atoms with E-state index in [0.29, 0.717) is 76.6 Å². The topological polar surface area (TPSA) is 82.2 Å². The first-order valence-corrected chi connectivity index (χ1v) is 16.3. The van der Waals surface area contributed by atoms with Gasteiger partial charge in [0.15, 0.2) is 5.82 Å². The molecule has 2 aromatic carbocycles. The van der Waals surface area contributed by atoms with E-state index in [0.717, 1.165) is 38.8 Å². The van der Waals surface area contributed by atoms with Crippen LogP contribution >= 0.6 is 11.6 Å². The van der Waals surface area contributed by atoms with Gasteiger partial charge >= 0.3 is 6.01 Å². The molecule has 8 nitrogen and oxygen atoms in total. The summed E-state index contributed by atoms with van der Waals surface area (Å²) in [5, 5.41) is 12.2. The molecule has 3 aliphatic heterocycles. The summed E-state index contributed by atoms with van der Waals surface area (Å²) in [6, 6.07) is 3.40. The van der Waals surface area contributed by atoms with Gasteiger partial charge in [-0.1, -0.05) is 11.6 Å². The number of H-pyrrole nitrogens is 1. The summed E-state index contributed by atoms with van der Waals surface area (Å²) in [4.78, 5) is 13.7. The highest BCUT2D eigenvalue weighted by molar-refractivity contribution is 6.33. The Morgan fingerprint density at radius 3 is 2.64 bits per heavy atom. The highest BCUT2D eigenvalue weighted by atomic mass is 35.5. The minimum absolute atomic E-state index is 0.000710. The number of aromatic nitrogens is 4. The summed E-state index contributed by atoms with van der Waals surface area (Å²) in [6.07, 6.45) is 3.76. The summed E-state index contributed by atoms with van der Waals surface area (Å²) in [7, 11) is 0. The summed E-state index contributed by atoms with van der Waals surface area (Å²) >= 11 is 6.56. The third-order valence-corrected chi connectivity index (χ3v) is 10.8. The van der Waals surface area contributed by atoms with Crippen molar-refractivity contribution in [3.8, 4) is 17.1 Å². The SMILES string of the molecule is Cc1c(Cl)cc2[nH]nc(C)c2c1-c1c(F)cc2c(N3C[C@H]4CC[C@@](C)(C3)N4)nc(OCC3(CN4CC[C@@H](F)C4)CC3)nc2c1F. The highest BCUT2D eigenvalue weighted by Crippen LogP contribution is 2.48. The standard InChI is InChI=1S/C33H37ClF3N7O/c1-17-22(34)11-24-26(18(2)41-42-24)25(17)27-23(36)10-21-29(28(27)37)38-31(39-30(21)44-13-20-4-6-32(3,14-44)40-20)45-16-33(7-8-33)15-43-9-5-19(35)12-43/h10-11,19-20,40H,4-9,12-16H2,1-3H3,(H,41,42)/t19-,20-,32+/m1/s1. The molecule has 1 aliphatic carbocycles. The summed E-state index contributed by atoms with van der Waals surface area (Å²) in [5.41, 5.74) is 1.69. The van der Waals surface area contributed by atoms with Crippen LogP contribution in [0, 0.1) is 30.9 Å². The smallest absolute Gasteiger partial charge is 0.319 e. The number of benzene rings is 2. The van der Waals surface area contributed by atoms with Crippen LogP contribution in [0.1, 0.15) is 50.3 Å². The molecule has 4 aliphatic rings. The molecule has 0 amide bonds. The predicted octanol–water partition coefficient (Wildman–Crippen LogP) is 6.26. The van der Waals surface area contributed by atoms with Crippen LogP contribution in [0.4, 0.5) is 19.0 Å². The maximum Gasteiger partial charge on any atom is 0.319 e. The van der Waals surface area contributed by atoms with Crippen molar-refractivity contribution < 1.29 is 17.9 Å². The van der Waals surface area contributed by atoms with Gasteiger partial charge in [-0.15, -0.1) is 0 Å². The molecule has 0 unspecified atom stereocenters. The van der Waals surface area contributed by atoms with E-state index < -0.39 is 17.8 Å². The van der Waals surface area contributed by atoms with E-state index in [1.807, 2.05) is 0 Å². The maximum absolute atomic E-state index is 16.9. The zero-order chi connectivity index (χ0) is 31.2. The number of hydrogen-bond donors (Lipinski definition) is 2. The first-order valence-electron chi connectivity index (χ1n) is 15.9. The normalized spacial score (nSPS) is 26.0. The van der Waals surface area contributed by atoms with E-state index in [-0.39, 0.29) is 34.1 Å². The Morgan fingerprint density at radius 1 is 1.09 bits per heavy atom. The number of piperazine rings is 1.